The molecule has 1 aromatic carbocycles. The maximum Gasteiger partial charge on any atom is 0.306 e. The number of rotatable bonds is 6. The van der Waals surface area contributed by atoms with Crippen molar-refractivity contribution in [1.29, 1.82) is 0 Å². The van der Waals surface area contributed by atoms with Crippen LogP contribution in [0.2, 0.25) is 0 Å². The number of amides is 1. The van der Waals surface area contributed by atoms with Gasteiger partial charge in [-0.3, -0.25) is 9.59 Å². The topological polar surface area (TPSA) is 66.4 Å². The maximum absolute atomic E-state index is 13.2. The monoisotopic (exact) mass is 253 g/mol. The molecule has 0 spiro atoms. The number of carbonyl (C=O) groups excluding carboxylic acids is 1. The first-order valence-corrected chi connectivity index (χ1v) is 5.81. The fourth-order valence-corrected chi connectivity index (χ4v) is 1.58. The van der Waals surface area contributed by atoms with Gasteiger partial charge in [-0.2, -0.15) is 0 Å². The zero-order valence-electron chi connectivity index (χ0n) is 10.1. The van der Waals surface area contributed by atoms with Crippen LogP contribution in [0.25, 0.3) is 0 Å². The highest BCUT2D eigenvalue weighted by molar-refractivity contribution is 5.91. The Hall–Kier alpha value is -1.91. The Kier molecular flexibility index (Phi) is 5.30. The minimum absolute atomic E-state index is 0.0686. The molecule has 0 heterocycles. The fraction of sp³-hybridized carbons (Fsp3) is 0.385. The van der Waals surface area contributed by atoms with E-state index in [1.54, 1.807) is 13.0 Å². The summed E-state index contributed by atoms with van der Waals surface area (Å²) in [7, 11) is 0. The molecule has 1 aromatic rings. The smallest absolute Gasteiger partial charge is 0.306 e. The Bertz CT molecular complexity index is 434. The molecule has 1 rings (SSSR count). The fourth-order valence-electron chi connectivity index (χ4n) is 1.58. The second-order valence-electron chi connectivity index (χ2n) is 4.01. The summed E-state index contributed by atoms with van der Waals surface area (Å²) in [6, 6.07) is 5.86. The molecule has 5 heteroatoms. The average Bonchev–Trinajstić information content (AvgIpc) is 2.32. The molecule has 1 amide bonds. The van der Waals surface area contributed by atoms with Crippen molar-refractivity contribution in [3.63, 3.8) is 0 Å². The number of hydrogen-bond acceptors (Lipinski definition) is 2. The van der Waals surface area contributed by atoms with Gasteiger partial charge in [-0.1, -0.05) is 19.1 Å². The molecule has 0 bridgehead atoms. The molecule has 0 radical (unpaired) electrons. The van der Waals surface area contributed by atoms with Crippen molar-refractivity contribution in [1.82, 2.24) is 0 Å². The predicted octanol–water partition coefficient (Wildman–Crippen LogP) is 2.66. The van der Waals surface area contributed by atoms with Gasteiger partial charge in [0, 0.05) is 6.42 Å². The average molecular weight is 253 g/mol. The molecule has 0 aliphatic rings. The first-order chi connectivity index (χ1) is 8.54. The molecule has 0 aliphatic heterocycles. The van der Waals surface area contributed by atoms with Crippen LogP contribution in [-0.4, -0.2) is 17.0 Å². The summed E-state index contributed by atoms with van der Waals surface area (Å²) < 4.78 is 13.2. The van der Waals surface area contributed by atoms with E-state index in [2.05, 4.69) is 5.32 Å². The third-order valence-corrected chi connectivity index (χ3v) is 2.71. The zero-order valence-corrected chi connectivity index (χ0v) is 10.1. The molecule has 1 atom stereocenters. The summed E-state index contributed by atoms with van der Waals surface area (Å²) in [6.45, 7) is 1.76. The predicted molar refractivity (Wildman–Crippen MR) is 65.7 cm³/mol. The van der Waals surface area contributed by atoms with Gasteiger partial charge in [0.1, 0.15) is 5.82 Å². The Morgan fingerprint density at radius 2 is 2.06 bits per heavy atom. The van der Waals surface area contributed by atoms with E-state index in [1.165, 1.54) is 18.2 Å². The molecule has 2 N–H and O–H groups in total. The molecular formula is C13H16FNO3. The molecule has 0 aliphatic carbocycles. The Morgan fingerprint density at radius 3 is 2.61 bits per heavy atom. The number of benzene rings is 1. The first kappa shape index (κ1) is 14.2. The third kappa shape index (κ3) is 4.16. The largest absolute Gasteiger partial charge is 0.481 e. The third-order valence-electron chi connectivity index (χ3n) is 2.71. The van der Waals surface area contributed by atoms with E-state index in [0.29, 0.717) is 6.42 Å². The number of carboxylic acids is 1. The van der Waals surface area contributed by atoms with Crippen LogP contribution in [0.5, 0.6) is 0 Å². The Morgan fingerprint density at radius 1 is 1.39 bits per heavy atom. The highest BCUT2D eigenvalue weighted by atomic mass is 19.1. The lowest BCUT2D eigenvalue weighted by Gasteiger charge is -2.10. The summed E-state index contributed by atoms with van der Waals surface area (Å²) in [5.74, 6) is -2.32. The number of aliphatic carboxylic acids is 1. The summed E-state index contributed by atoms with van der Waals surface area (Å²) in [6.07, 6.45) is 0.799. The van der Waals surface area contributed by atoms with Gasteiger partial charge in [0.05, 0.1) is 11.6 Å². The quantitative estimate of drug-likeness (QED) is 0.819. The van der Waals surface area contributed by atoms with Crippen molar-refractivity contribution in [2.24, 2.45) is 5.92 Å². The molecular weight excluding hydrogens is 237 g/mol. The Labute approximate surface area is 105 Å². The van der Waals surface area contributed by atoms with Gasteiger partial charge in [0.25, 0.3) is 0 Å². The van der Waals surface area contributed by atoms with Crippen LogP contribution in [0, 0.1) is 11.7 Å². The summed E-state index contributed by atoms with van der Waals surface area (Å²) in [5, 5.41) is 11.2. The summed E-state index contributed by atoms with van der Waals surface area (Å²) >= 11 is 0. The first-order valence-electron chi connectivity index (χ1n) is 5.81. The van der Waals surface area contributed by atoms with E-state index in [9.17, 15) is 14.0 Å². The molecule has 0 aromatic heterocycles. The molecule has 0 saturated heterocycles. The van der Waals surface area contributed by atoms with Crippen molar-refractivity contribution < 1.29 is 19.1 Å². The second-order valence-corrected chi connectivity index (χ2v) is 4.01. The minimum Gasteiger partial charge on any atom is -0.481 e. The van der Waals surface area contributed by atoms with Gasteiger partial charge in [-0.15, -0.1) is 0 Å². The van der Waals surface area contributed by atoms with Gasteiger partial charge in [0.15, 0.2) is 0 Å². The van der Waals surface area contributed by atoms with Crippen LogP contribution >= 0.6 is 0 Å². The van der Waals surface area contributed by atoms with E-state index in [-0.39, 0.29) is 24.4 Å². The van der Waals surface area contributed by atoms with Gasteiger partial charge in [-0.25, -0.2) is 4.39 Å². The summed E-state index contributed by atoms with van der Waals surface area (Å²) in [4.78, 5) is 22.3. The van der Waals surface area contributed by atoms with E-state index in [0.717, 1.165) is 0 Å². The standard InChI is InChI=1S/C13H16FNO3/c1-2-9(13(17)18)7-8-12(16)15-11-6-4-3-5-10(11)14/h3-6,9H,2,7-8H2,1H3,(H,15,16)(H,17,18). The van der Waals surface area contributed by atoms with Crippen molar-refractivity contribution in [3.8, 4) is 0 Å². The van der Waals surface area contributed by atoms with E-state index < -0.39 is 17.7 Å². The van der Waals surface area contributed by atoms with Crippen molar-refractivity contribution in [3.05, 3.63) is 30.1 Å². The van der Waals surface area contributed by atoms with Crippen molar-refractivity contribution >= 4 is 17.6 Å². The van der Waals surface area contributed by atoms with E-state index in [1.807, 2.05) is 0 Å². The highest BCUT2D eigenvalue weighted by Crippen LogP contribution is 2.15. The number of hydrogen-bond donors (Lipinski definition) is 2. The normalized spacial score (nSPS) is 11.9. The molecule has 0 fully saturated rings. The van der Waals surface area contributed by atoms with Crippen LogP contribution in [0.1, 0.15) is 26.2 Å². The highest BCUT2D eigenvalue weighted by Gasteiger charge is 2.16. The van der Waals surface area contributed by atoms with Crippen LogP contribution in [0.4, 0.5) is 10.1 Å². The molecule has 1 unspecified atom stereocenters. The SMILES string of the molecule is CCC(CCC(=O)Nc1ccccc1F)C(=O)O. The Balaban J connectivity index is 2.48. The zero-order chi connectivity index (χ0) is 13.5. The number of para-hydroxylation sites is 1. The number of halogens is 1. The molecule has 0 saturated carbocycles. The minimum atomic E-state index is -0.906. The van der Waals surface area contributed by atoms with E-state index in [4.69, 9.17) is 5.11 Å². The van der Waals surface area contributed by atoms with Crippen LogP contribution in [-0.2, 0) is 9.59 Å². The lowest BCUT2D eigenvalue weighted by atomic mass is 10.0. The number of carboxylic acid groups (broad SMARTS) is 1. The lowest BCUT2D eigenvalue weighted by molar-refractivity contribution is -0.142. The van der Waals surface area contributed by atoms with Gasteiger partial charge < -0.3 is 10.4 Å². The second kappa shape index (κ2) is 6.74. The number of nitrogens with one attached hydrogen (secondary N) is 1. The molecule has 18 heavy (non-hydrogen) atoms. The summed E-state index contributed by atoms with van der Waals surface area (Å²) in [5.41, 5.74) is 0.117. The van der Waals surface area contributed by atoms with Gasteiger partial charge in [-0.05, 0) is 25.0 Å². The molecule has 4 nitrogen and oxygen atoms in total. The lowest BCUT2D eigenvalue weighted by Crippen LogP contribution is -2.18. The van der Waals surface area contributed by atoms with Crippen molar-refractivity contribution in [2.75, 3.05) is 5.32 Å². The van der Waals surface area contributed by atoms with Crippen LogP contribution in [0.3, 0.4) is 0 Å². The van der Waals surface area contributed by atoms with Crippen molar-refractivity contribution in [2.45, 2.75) is 26.2 Å². The van der Waals surface area contributed by atoms with Gasteiger partial charge >= 0.3 is 5.97 Å². The van der Waals surface area contributed by atoms with Crippen LogP contribution in [0.15, 0.2) is 24.3 Å². The van der Waals surface area contributed by atoms with E-state index >= 15 is 0 Å². The number of carbonyl (C=O) groups is 2. The molecule has 98 valence electrons. The number of anilines is 1. The van der Waals surface area contributed by atoms with Crippen LogP contribution < -0.4 is 5.32 Å². The van der Waals surface area contributed by atoms with Gasteiger partial charge in [0.2, 0.25) is 5.91 Å². The maximum atomic E-state index is 13.2.